The molecule has 0 saturated heterocycles. The lowest BCUT2D eigenvalue weighted by Crippen LogP contribution is -2.27. The van der Waals surface area contributed by atoms with Gasteiger partial charge in [0.25, 0.3) is 0 Å². The van der Waals surface area contributed by atoms with Crippen molar-refractivity contribution in [2.45, 2.75) is 58.2 Å². The van der Waals surface area contributed by atoms with E-state index in [9.17, 15) is 10.2 Å². The van der Waals surface area contributed by atoms with Crippen LogP contribution in [0, 0.1) is 6.92 Å². The summed E-state index contributed by atoms with van der Waals surface area (Å²) in [5.41, 5.74) is 1.29. The van der Waals surface area contributed by atoms with E-state index in [1.165, 1.54) is 10.4 Å². The molecular formula is C13H22O2S. The van der Waals surface area contributed by atoms with Gasteiger partial charge < -0.3 is 10.2 Å². The Balaban J connectivity index is 2.51. The van der Waals surface area contributed by atoms with Crippen LogP contribution in [0.5, 0.6) is 0 Å². The normalized spacial score (nSPS) is 17.1. The lowest BCUT2D eigenvalue weighted by Gasteiger charge is -2.20. The van der Waals surface area contributed by atoms with Gasteiger partial charge in [-0.25, -0.2) is 0 Å². The summed E-state index contributed by atoms with van der Waals surface area (Å²) < 4.78 is 0. The lowest BCUT2D eigenvalue weighted by atomic mass is 9.95. The molecule has 1 aromatic rings. The van der Waals surface area contributed by atoms with Crippen molar-refractivity contribution >= 4 is 11.3 Å². The predicted molar refractivity (Wildman–Crippen MR) is 69.0 cm³/mol. The summed E-state index contributed by atoms with van der Waals surface area (Å²) >= 11 is 1.73. The SMILES string of the molecule is CCCC(O)C(O)CC(C)c1sccc1C. The second-order valence-electron chi connectivity index (χ2n) is 4.53. The van der Waals surface area contributed by atoms with Crippen LogP contribution >= 0.6 is 11.3 Å². The van der Waals surface area contributed by atoms with Crippen LogP contribution in [-0.2, 0) is 0 Å². The Labute approximate surface area is 102 Å². The summed E-state index contributed by atoms with van der Waals surface area (Å²) in [6, 6.07) is 2.10. The van der Waals surface area contributed by atoms with Gasteiger partial charge in [-0.2, -0.15) is 0 Å². The molecule has 0 aliphatic heterocycles. The number of hydrogen-bond acceptors (Lipinski definition) is 3. The third-order valence-corrected chi connectivity index (χ3v) is 4.22. The summed E-state index contributed by atoms with van der Waals surface area (Å²) in [7, 11) is 0. The minimum atomic E-state index is -0.601. The van der Waals surface area contributed by atoms with Gasteiger partial charge in [0.05, 0.1) is 12.2 Å². The first-order chi connectivity index (χ1) is 7.56. The standard InChI is InChI=1S/C13H22O2S/c1-4-5-11(14)12(15)8-10(3)13-9(2)6-7-16-13/h6-7,10-12,14-15H,4-5,8H2,1-3H3. The van der Waals surface area contributed by atoms with Crippen LogP contribution < -0.4 is 0 Å². The summed E-state index contributed by atoms with van der Waals surface area (Å²) in [4.78, 5) is 1.32. The molecule has 16 heavy (non-hydrogen) atoms. The molecule has 92 valence electrons. The fourth-order valence-electron chi connectivity index (χ4n) is 2.00. The van der Waals surface area contributed by atoms with Crippen LogP contribution in [0.25, 0.3) is 0 Å². The summed E-state index contributed by atoms with van der Waals surface area (Å²) in [6.45, 7) is 6.22. The van der Waals surface area contributed by atoms with Crippen LogP contribution in [-0.4, -0.2) is 22.4 Å². The molecule has 0 bridgehead atoms. The summed E-state index contributed by atoms with van der Waals surface area (Å²) in [6.07, 6.45) is 1.05. The zero-order valence-electron chi connectivity index (χ0n) is 10.3. The highest BCUT2D eigenvalue weighted by atomic mass is 32.1. The van der Waals surface area contributed by atoms with Crippen LogP contribution in [0.4, 0.5) is 0 Å². The molecule has 1 aromatic heterocycles. The van der Waals surface area contributed by atoms with Crippen molar-refractivity contribution in [1.29, 1.82) is 0 Å². The maximum atomic E-state index is 9.86. The Bertz CT molecular complexity index is 309. The molecule has 0 saturated carbocycles. The Hall–Kier alpha value is -0.380. The van der Waals surface area contributed by atoms with Crippen LogP contribution in [0.15, 0.2) is 11.4 Å². The first-order valence-electron chi connectivity index (χ1n) is 5.96. The Morgan fingerprint density at radius 1 is 1.31 bits per heavy atom. The van der Waals surface area contributed by atoms with E-state index in [-0.39, 0.29) is 0 Å². The number of aliphatic hydroxyl groups excluding tert-OH is 2. The van der Waals surface area contributed by atoms with E-state index in [0.717, 1.165) is 6.42 Å². The van der Waals surface area contributed by atoms with Gasteiger partial charge in [-0.05, 0) is 42.7 Å². The minimum absolute atomic E-state index is 0.321. The highest BCUT2D eigenvalue weighted by molar-refractivity contribution is 7.10. The second-order valence-corrected chi connectivity index (χ2v) is 5.48. The number of aryl methyl sites for hydroxylation is 1. The van der Waals surface area contributed by atoms with Crippen molar-refractivity contribution in [2.24, 2.45) is 0 Å². The topological polar surface area (TPSA) is 40.5 Å². The van der Waals surface area contributed by atoms with Crippen molar-refractivity contribution in [1.82, 2.24) is 0 Å². The molecule has 0 aliphatic rings. The van der Waals surface area contributed by atoms with Gasteiger partial charge in [-0.3, -0.25) is 0 Å². The third kappa shape index (κ3) is 3.58. The van der Waals surface area contributed by atoms with E-state index < -0.39 is 12.2 Å². The maximum Gasteiger partial charge on any atom is 0.0805 e. The highest BCUT2D eigenvalue weighted by Gasteiger charge is 2.20. The number of rotatable bonds is 6. The van der Waals surface area contributed by atoms with Gasteiger partial charge in [0.1, 0.15) is 0 Å². The van der Waals surface area contributed by atoms with Crippen molar-refractivity contribution in [3.05, 3.63) is 21.9 Å². The smallest absolute Gasteiger partial charge is 0.0805 e. The number of aliphatic hydroxyl groups is 2. The zero-order valence-corrected chi connectivity index (χ0v) is 11.1. The van der Waals surface area contributed by atoms with Gasteiger partial charge in [0, 0.05) is 4.88 Å². The average molecular weight is 242 g/mol. The lowest BCUT2D eigenvalue weighted by molar-refractivity contribution is 0.00651. The fraction of sp³-hybridized carbons (Fsp3) is 0.692. The molecule has 2 N–H and O–H groups in total. The monoisotopic (exact) mass is 242 g/mol. The first kappa shape index (κ1) is 13.7. The molecule has 0 spiro atoms. The zero-order chi connectivity index (χ0) is 12.1. The Morgan fingerprint density at radius 3 is 2.50 bits per heavy atom. The number of hydrogen-bond donors (Lipinski definition) is 2. The molecule has 2 nitrogen and oxygen atoms in total. The highest BCUT2D eigenvalue weighted by Crippen LogP contribution is 2.29. The first-order valence-corrected chi connectivity index (χ1v) is 6.84. The third-order valence-electron chi connectivity index (χ3n) is 2.97. The Kier molecular flexibility index (Phi) is 5.46. The van der Waals surface area contributed by atoms with Crippen molar-refractivity contribution in [3.63, 3.8) is 0 Å². The predicted octanol–water partition coefficient (Wildman–Crippen LogP) is 3.07. The molecule has 0 amide bonds. The molecule has 3 heteroatoms. The molecule has 0 fully saturated rings. The summed E-state index contributed by atoms with van der Waals surface area (Å²) in [5.74, 6) is 0.321. The second kappa shape index (κ2) is 6.38. The Morgan fingerprint density at radius 2 is 2.00 bits per heavy atom. The van der Waals surface area contributed by atoms with Crippen LogP contribution in [0.1, 0.15) is 49.5 Å². The van der Waals surface area contributed by atoms with E-state index in [1.54, 1.807) is 11.3 Å². The molecule has 0 aromatic carbocycles. The molecule has 1 rings (SSSR count). The summed E-state index contributed by atoms with van der Waals surface area (Å²) in [5, 5.41) is 21.6. The molecule has 1 heterocycles. The molecule has 0 radical (unpaired) electrons. The van der Waals surface area contributed by atoms with Gasteiger partial charge in [0.15, 0.2) is 0 Å². The van der Waals surface area contributed by atoms with Gasteiger partial charge in [0.2, 0.25) is 0 Å². The minimum Gasteiger partial charge on any atom is -0.390 e. The molecule has 0 aliphatic carbocycles. The van der Waals surface area contributed by atoms with E-state index in [1.807, 2.05) is 6.92 Å². The molecule has 3 atom stereocenters. The fourth-order valence-corrected chi connectivity index (χ4v) is 3.01. The molecule has 3 unspecified atom stereocenters. The van der Waals surface area contributed by atoms with E-state index in [2.05, 4.69) is 25.3 Å². The van der Waals surface area contributed by atoms with Crippen molar-refractivity contribution in [2.75, 3.05) is 0 Å². The van der Waals surface area contributed by atoms with E-state index >= 15 is 0 Å². The van der Waals surface area contributed by atoms with Gasteiger partial charge >= 0.3 is 0 Å². The van der Waals surface area contributed by atoms with E-state index in [4.69, 9.17) is 0 Å². The maximum absolute atomic E-state index is 9.86. The van der Waals surface area contributed by atoms with Crippen LogP contribution in [0.2, 0.25) is 0 Å². The quantitative estimate of drug-likeness (QED) is 0.805. The molecular weight excluding hydrogens is 220 g/mol. The van der Waals surface area contributed by atoms with Gasteiger partial charge in [-0.15, -0.1) is 11.3 Å². The van der Waals surface area contributed by atoms with E-state index in [0.29, 0.717) is 18.8 Å². The number of thiophene rings is 1. The van der Waals surface area contributed by atoms with Crippen molar-refractivity contribution in [3.8, 4) is 0 Å². The largest absolute Gasteiger partial charge is 0.390 e. The van der Waals surface area contributed by atoms with Crippen LogP contribution in [0.3, 0.4) is 0 Å². The van der Waals surface area contributed by atoms with Crippen molar-refractivity contribution < 1.29 is 10.2 Å². The van der Waals surface area contributed by atoms with Gasteiger partial charge in [-0.1, -0.05) is 20.3 Å². The average Bonchev–Trinajstić information content (AvgIpc) is 2.64.